The fraction of sp³-hybridized carbons (Fsp3) is 0.393. The largest absolute Gasteiger partial charge is 0.381 e. The van der Waals surface area contributed by atoms with Gasteiger partial charge in [-0.1, -0.05) is 36.6 Å². The second-order valence-electron chi connectivity index (χ2n) is 9.86. The van der Waals surface area contributed by atoms with Gasteiger partial charge in [0.2, 0.25) is 5.95 Å². The van der Waals surface area contributed by atoms with E-state index in [0.29, 0.717) is 27.7 Å². The number of nitrogens with zero attached hydrogens (tertiary/aromatic N) is 5. The average molecular weight is 517 g/mol. The van der Waals surface area contributed by atoms with Crippen molar-refractivity contribution in [1.29, 1.82) is 0 Å². The summed E-state index contributed by atoms with van der Waals surface area (Å²) in [7, 11) is 0. The van der Waals surface area contributed by atoms with E-state index in [4.69, 9.17) is 21.3 Å². The maximum absolute atomic E-state index is 14.0. The lowest BCUT2D eigenvalue weighted by atomic mass is 10.0. The van der Waals surface area contributed by atoms with Crippen LogP contribution in [-0.2, 0) is 4.74 Å². The quantitative estimate of drug-likeness (QED) is 0.369. The first-order valence-electron chi connectivity index (χ1n) is 12.9. The Morgan fingerprint density at radius 3 is 2.54 bits per heavy atom. The number of anilines is 1. The van der Waals surface area contributed by atoms with E-state index in [1.807, 2.05) is 42.0 Å². The van der Waals surface area contributed by atoms with Crippen molar-refractivity contribution >= 4 is 28.6 Å². The van der Waals surface area contributed by atoms with Gasteiger partial charge in [-0.25, -0.2) is 4.98 Å². The summed E-state index contributed by atoms with van der Waals surface area (Å²) in [6.07, 6.45) is 11.1. The van der Waals surface area contributed by atoms with Gasteiger partial charge in [0, 0.05) is 71.0 Å². The van der Waals surface area contributed by atoms with Crippen LogP contribution in [0.4, 0.5) is 5.95 Å². The molecule has 1 aliphatic heterocycles. The molecular formula is C28H29ClN6O2. The van der Waals surface area contributed by atoms with Crippen molar-refractivity contribution in [3.8, 4) is 22.4 Å². The number of fused-ring (bicyclic) bond motifs is 1. The number of hydrogen-bond acceptors (Lipinski definition) is 7. The molecule has 4 aromatic rings. The van der Waals surface area contributed by atoms with Gasteiger partial charge in [-0.3, -0.25) is 19.3 Å². The summed E-state index contributed by atoms with van der Waals surface area (Å²) in [5.74, 6) is 0.556. The van der Waals surface area contributed by atoms with Gasteiger partial charge in [-0.15, -0.1) is 0 Å². The van der Waals surface area contributed by atoms with E-state index >= 15 is 0 Å². The molecule has 2 fully saturated rings. The van der Waals surface area contributed by atoms with Crippen molar-refractivity contribution in [3.05, 3.63) is 63.9 Å². The number of pyridine rings is 1. The molecule has 1 saturated carbocycles. The van der Waals surface area contributed by atoms with Crippen molar-refractivity contribution in [2.75, 3.05) is 18.5 Å². The van der Waals surface area contributed by atoms with Gasteiger partial charge in [0.05, 0.1) is 11.4 Å². The van der Waals surface area contributed by atoms with Crippen molar-refractivity contribution < 1.29 is 4.74 Å². The molecule has 0 amide bonds. The molecule has 2 aliphatic rings. The lowest BCUT2D eigenvalue weighted by Crippen LogP contribution is -2.29. The van der Waals surface area contributed by atoms with Gasteiger partial charge in [0.25, 0.3) is 5.56 Å². The molecule has 0 atom stereocenters. The maximum Gasteiger partial charge on any atom is 0.260 e. The van der Waals surface area contributed by atoms with E-state index in [1.54, 1.807) is 12.4 Å². The monoisotopic (exact) mass is 516 g/mol. The van der Waals surface area contributed by atoms with Gasteiger partial charge in [-0.05, 0) is 44.7 Å². The predicted molar refractivity (Wildman–Crippen MR) is 145 cm³/mol. The summed E-state index contributed by atoms with van der Waals surface area (Å²) in [5.41, 5.74) is 4.31. The fourth-order valence-corrected chi connectivity index (χ4v) is 5.76. The topological polar surface area (TPSA) is 94.8 Å². The minimum absolute atomic E-state index is 0.0690. The molecule has 1 N–H and O–H groups in total. The zero-order valence-electron chi connectivity index (χ0n) is 20.8. The number of aryl methyl sites for hydroxylation is 1. The fourth-order valence-electron chi connectivity index (χ4n) is 5.48. The SMILES string of the molecule is Cc1nccnc1-c1ccc(-c2cc3cnc(NC4CCOCC4)nc3n(C3CCCC3)c2=O)c(Cl)c1. The number of halogens is 1. The number of aromatic nitrogens is 5. The molecule has 37 heavy (non-hydrogen) atoms. The van der Waals surface area contributed by atoms with Crippen LogP contribution in [0.2, 0.25) is 5.02 Å². The molecule has 0 spiro atoms. The van der Waals surface area contributed by atoms with Crippen LogP contribution >= 0.6 is 11.6 Å². The summed E-state index contributed by atoms with van der Waals surface area (Å²) < 4.78 is 7.35. The van der Waals surface area contributed by atoms with Crippen LogP contribution in [0.1, 0.15) is 50.3 Å². The van der Waals surface area contributed by atoms with Crippen LogP contribution in [0.5, 0.6) is 0 Å². The van der Waals surface area contributed by atoms with Crippen molar-refractivity contribution in [1.82, 2.24) is 24.5 Å². The molecule has 1 aromatic carbocycles. The van der Waals surface area contributed by atoms with E-state index in [0.717, 1.165) is 74.1 Å². The second-order valence-corrected chi connectivity index (χ2v) is 10.3. The summed E-state index contributed by atoms with van der Waals surface area (Å²) in [6, 6.07) is 7.95. The third-order valence-corrected chi connectivity index (χ3v) is 7.74. The Bertz CT molecular complexity index is 1510. The highest BCUT2D eigenvalue weighted by Gasteiger charge is 2.24. The summed E-state index contributed by atoms with van der Waals surface area (Å²) >= 11 is 6.79. The normalized spacial score (nSPS) is 16.9. The Morgan fingerprint density at radius 2 is 1.78 bits per heavy atom. The number of rotatable bonds is 5. The highest BCUT2D eigenvalue weighted by atomic mass is 35.5. The Labute approximate surface area is 220 Å². The third kappa shape index (κ3) is 4.71. The molecule has 4 heterocycles. The summed E-state index contributed by atoms with van der Waals surface area (Å²) in [6.45, 7) is 3.38. The molecule has 190 valence electrons. The molecule has 6 rings (SSSR count). The van der Waals surface area contributed by atoms with E-state index in [2.05, 4.69) is 20.3 Å². The van der Waals surface area contributed by atoms with Crippen LogP contribution < -0.4 is 10.9 Å². The molecule has 9 heteroatoms. The standard InChI is InChI=1S/C28H29ClN6O2/c1-17-25(31-11-10-30-17)18-6-7-22(24(29)15-18)23-14-19-16-32-28(33-20-8-12-37-13-9-20)34-26(19)35(27(23)36)21-4-2-3-5-21/h6-7,10-11,14-16,20-21H,2-5,8-9,12-13H2,1H3,(H,32,33,34). The first kappa shape index (κ1) is 24.0. The van der Waals surface area contributed by atoms with E-state index in [1.165, 1.54) is 0 Å². The number of hydrogen-bond donors (Lipinski definition) is 1. The van der Waals surface area contributed by atoms with Gasteiger partial charge >= 0.3 is 0 Å². The summed E-state index contributed by atoms with van der Waals surface area (Å²) in [5, 5.41) is 4.76. The lowest BCUT2D eigenvalue weighted by Gasteiger charge is -2.23. The Balaban J connectivity index is 1.45. The van der Waals surface area contributed by atoms with Gasteiger partial charge in [0.15, 0.2) is 0 Å². The van der Waals surface area contributed by atoms with Crippen molar-refractivity contribution in [2.45, 2.75) is 57.5 Å². The van der Waals surface area contributed by atoms with Crippen LogP contribution in [0.25, 0.3) is 33.4 Å². The number of ether oxygens (including phenoxy) is 1. The molecule has 0 unspecified atom stereocenters. The second kappa shape index (κ2) is 10.2. The highest BCUT2D eigenvalue weighted by Crippen LogP contribution is 2.35. The lowest BCUT2D eigenvalue weighted by molar-refractivity contribution is 0.0903. The summed E-state index contributed by atoms with van der Waals surface area (Å²) in [4.78, 5) is 32.2. The third-order valence-electron chi connectivity index (χ3n) is 7.43. The van der Waals surface area contributed by atoms with Gasteiger partial charge in [0.1, 0.15) is 5.65 Å². The smallest absolute Gasteiger partial charge is 0.260 e. The molecule has 3 aromatic heterocycles. The Hall–Kier alpha value is -3.36. The molecule has 1 aliphatic carbocycles. The van der Waals surface area contributed by atoms with E-state index in [9.17, 15) is 4.79 Å². The van der Waals surface area contributed by atoms with E-state index < -0.39 is 0 Å². The van der Waals surface area contributed by atoms with Crippen LogP contribution in [0.15, 0.2) is 47.7 Å². The van der Waals surface area contributed by atoms with Crippen molar-refractivity contribution in [2.24, 2.45) is 0 Å². The highest BCUT2D eigenvalue weighted by molar-refractivity contribution is 6.33. The zero-order chi connectivity index (χ0) is 25.4. The van der Waals surface area contributed by atoms with E-state index in [-0.39, 0.29) is 17.6 Å². The molecule has 0 bridgehead atoms. The minimum Gasteiger partial charge on any atom is -0.381 e. The molecule has 1 saturated heterocycles. The van der Waals surface area contributed by atoms with Crippen LogP contribution in [0.3, 0.4) is 0 Å². The Kier molecular flexibility index (Phi) is 6.61. The first-order chi connectivity index (χ1) is 18.1. The average Bonchev–Trinajstić information content (AvgIpc) is 3.44. The van der Waals surface area contributed by atoms with Gasteiger partial charge in [-0.2, -0.15) is 4.98 Å². The zero-order valence-corrected chi connectivity index (χ0v) is 21.5. The molecule has 8 nitrogen and oxygen atoms in total. The number of benzene rings is 1. The minimum atomic E-state index is -0.0690. The van der Waals surface area contributed by atoms with Crippen molar-refractivity contribution in [3.63, 3.8) is 0 Å². The predicted octanol–water partition coefficient (Wildman–Crippen LogP) is 5.58. The van der Waals surface area contributed by atoms with Crippen LogP contribution in [-0.4, -0.2) is 43.8 Å². The maximum atomic E-state index is 14.0. The first-order valence-corrected chi connectivity index (χ1v) is 13.3. The Morgan fingerprint density at radius 1 is 1.00 bits per heavy atom. The van der Waals surface area contributed by atoms with Gasteiger partial charge < -0.3 is 10.1 Å². The van der Waals surface area contributed by atoms with Crippen LogP contribution in [0, 0.1) is 6.92 Å². The molecular weight excluding hydrogens is 488 g/mol. The number of nitrogens with one attached hydrogen (secondary N) is 1. The molecule has 0 radical (unpaired) electrons.